The van der Waals surface area contributed by atoms with Gasteiger partial charge in [-0.1, -0.05) is 20.3 Å². The molecule has 1 heterocycles. The normalized spacial score (nSPS) is 13.1. The molecule has 0 aliphatic rings. The highest BCUT2D eigenvalue weighted by Gasteiger charge is 2.27. The molecule has 0 unspecified atom stereocenters. The number of nitrogens with one attached hydrogen (secondary N) is 1. The minimum absolute atomic E-state index is 0.0221. The van der Waals surface area contributed by atoms with Gasteiger partial charge in [-0.05, 0) is 34.0 Å². The van der Waals surface area contributed by atoms with Crippen LogP contribution in [0.1, 0.15) is 30.8 Å². The van der Waals surface area contributed by atoms with Crippen molar-refractivity contribution in [3.05, 3.63) is 22.6 Å². The van der Waals surface area contributed by atoms with E-state index in [1.807, 2.05) is 13.8 Å². The van der Waals surface area contributed by atoms with Gasteiger partial charge in [0.05, 0.1) is 7.11 Å². The number of furan rings is 1. The fourth-order valence-electron chi connectivity index (χ4n) is 1.64. The van der Waals surface area contributed by atoms with E-state index < -0.39 is 30.5 Å². The molecule has 7 nitrogen and oxygen atoms in total. The number of methoxy groups -OCH3 is 1. The van der Waals surface area contributed by atoms with Crippen LogP contribution < -0.4 is 5.32 Å². The van der Waals surface area contributed by atoms with Crippen molar-refractivity contribution < 1.29 is 28.3 Å². The number of amides is 1. The molecule has 0 spiro atoms. The molecule has 1 rings (SSSR count). The van der Waals surface area contributed by atoms with Gasteiger partial charge >= 0.3 is 11.9 Å². The van der Waals surface area contributed by atoms with E-state index in [0.29, 0.717) is 11.1 Å². The number of halogens is 1. The van der Waals surface area contributed by atoms with Crippen LogP contribution in [-0.4, -0.2) is 37.6 Å². The smallest absolute Gasteiger partial charge is 0.374 e. The number of carbonyl (C=O) groups excluding carboxylic acids is 3. The van der Waals surface area contributed by atoms with Crippen molar-refractivity contribution in [2.24, 2.45) is 5.92 Å². The van der Waals surface area contributed by atoms with E-state index in [9.17, 15) is 14.4 Å². The number of rotatable bonds is 7. The molecule has 1 amide bonds. The van der Waals surface area contributed by atoms with Crippen LogP contribution in [0, 0.1) is 5.92 Å². The molecular formula is C14H18BrNO6. The third-order valence-electron chi connectivity index (χ3n) is 3.09. The SMILES string of the molecule is CC[C@@H](C)[C@@H](NC(=O)COC(=O)c1ccc(Br)o1)C(=O)OC. The number of hydrogen-bond acceptors (Lipinski definition) is 6. The van der Waals surface area contributed by atoms with Gasteiger partial charge in [0, 0.05) is 0 Å². The first kappa shape index (κ1) is 18.2. The number of carbonyl (C=O) groups is 3. The molecule has 0 fully saturated rings. The predicted molar refractivity (Wildman–Crippen MR) is 80.1 cm³/mol. The lowest BCUT2D eigenvalue weighted by Gasteiger charge is -2.21. The maximum absolute atomic E-state index is 11.8. The molecule has 1 N–H and O–H groups in total. The topological polar surface area (TPSA) is 94.8 Å². The predicted octanol–water partition coefficient (Wildman–Crippen LogP) is 1.90. The Kier molecular flexibility index (Phi) is 7.10. The molecule has 8 heteroatoms. The van der Waals surface area contributed by atoms with E-state index in [1.165, 1.54) is 19.2 Å². The number of hydrogen-bond donors (Lipinski definition) is 1. The minimum atomic E-state index is -0.779. The lowest BCUT2D eigenvalue weighted by Crippen LogP contribution is -2.47. The molecule has 22 heavy (non-hydrogen) atoms. The third kappa shape index (κ3) is 5.18. The summed E-state index contributed by atoms with van der Waals surface area (Å²) in [6, 6.07) is 2.17. The van der Waals surface area contributed by atoms with E-state index in [4.69, 9.17) is 9.15 Å². The molecule has 0 saturated carbocycles. The second-order valence-corrected chi connectivity index (χ2v) is 5.42. The van der Waals surface area contributed by atoms with Crippen molar-refractivity contribution in [3.63, 3.8) is 0 Å². The van der Waals surface area contributed by atoms with Gasteiger partial charge in [0.2, 0.25) is 5.76 Å². The Morgan fingerprint density at radius 3 is 2.55 bits per heavy atom. The summed E-state index contributed by atoms with van der Waals surface area (Å²) in [7, 11) is 1.25. The first-order valence-corrected chi connectivity index (χ1v) is 7.48. The summed E-state index contributed by atoms with van der Waals surface area (Å²) in [4.78, 5) is 35.1. The number of ether oxygens (including phenoxy) is 2. The Morgan fingerprint density at radius 1 is 1.36 bits per heavy atom. The molecule has 2 atom stereocenters. The van der Waals surface area contributed by atoms with Crippen molar-refractivity contribution in [2.75, 3.05) is 13.7 Å². The molecule has 1 aromatic heterocycles. The summed E-state index contributed by atoms with van der Waals surface area (Å²) in [5.41, 5.74) is 0. The highest BCUT2D eigenvalue weighted by molar-refractivity contribution is 9.10. The summed E-state index contributed by atoms with van der Waals surface area (Å²) >= 11 is 3.06. The first-order valence-electron chi connectivity index (χ1n) is 6.68. The zero-order chi connectivity index (χ0) is 16.7. The van der Waals surface area contributed by atoms with Crippen molar-refractivity contribution >= 4 is 33.8 Å². The highest BCUT2D eigenvalue weighted by atomic mass is 79.9. The van der Waals surface area contributed by atoms with E-state index in [-0.39, 0.29) is 11.7 Å². The Balaban J connectivity index is 2.53. The molecule has 1 aromatic rings. The van der Waals surface area contributed by atoms with Crippen molar-refractivity contribution in [1.29, 1.82) is 0 Å². The van der Waals surface area contributed by atoms with Crippen molar-refractivity contribution in [2.45, 2.75) is 26.3 Å². The van der Waals surface area contributed by atoms with E-state index in [1.54, 1.807) is 0 Å². The zero-order valence-corrected chi connectivity index (χ0v) is 14.1. The van der Waals surface area contributed by atoms with Gasteiger partial charge < -0.3 is 19.2 Å². The van der Waals surface area contributed by atoms with Crippen LogP contribution in [0.3, 0.4) is 0 Å². The van der Waals surface area contributed by atoms with Gasteiger partial charge in [-0.25, -0.2) is 9.59 Å². The summed E-state index contributed by atoms with van der Waals surface area (Å²) in [6.45, 7) is 3.19. The standard InChI is InChI=1S/C14H18BrNO6/c1-4-8(2)12(14(19)20-3)16-11(17)7-21-13(18)9-5-6-10(15)22-9/h5-6,8,12H,4,7H2,1-3H3,(H,16,17)/t8-,12-/m1/s1. The summed E-state index contributed by atoms with van der Waals surface area (Å²) in [5.74, 6) is -2.02. The quantitative estimate of drug-likeness (QED) is 0.731. The van der Waals surface area contributed by atoms with Crippen LogP contribution in [0.5, 0.6) is 0 Å². The summed E-state index contributed by atoms with van der Waals surface area (Å²) in [5, 5.41) is 2.50. The fourth-order valence-corrected chi connectivity index (χ4v) is 1.94. The Morgan fingerprint density at radius 2 is 2.05 bits per heavy atom. The van der Waals surface area contributed by atoms with Crippen LogP contribution in [-0.2, 0) is 19.1 Å². The van der Waals surface area contributed by atoms with Gasteiger partial charge in [-0.2, -0.15) is 0 Å². The lowest BCUT2D eigenvalue weighted by atomic mass is 9.99. The maximum atomic E-state index is 11.8. The van der Waals surface area contributed by atoms with Crippen LogP contribution in [0.25, 0.3) is 0 Å². The van der Waals surface area contributed by atoms with Crippen molar-refractivity contribution in [1.82, 2.24) is 5.32 Å². The van der Waals surface area contributed by atoms with Gasteiger partial charge in [-0.3, -0.25) is 4.79 Å². The molecule has 0 saturated heterocycles. The average Bonchev–Trinajstić information content (AvgIpc) is 2.95. The number of esters is 2. The van der Waals surface area contributed by atoms with E-state index in [0.717, 1.165) is 0 Å². The average molecular weight is 376 g/mol. The Bertz CT molecular complexity index is 541. The van der Waals surface area contributed by atoms with Crippen LogP contribution in [0.4, 0.5) is 0 Å². The first-order chi connectivity index (χ1) is 10.4. The van der Waals surface area contributed by atoms with Gasteiger partial charge in [0.1, 0.15) is 6.04 Å². The second kappa shape index (κ2) is 8.57. The second-order valence-electron chi connectivity index (χ2n) is 4.63. The monoisotopic (exact) mass is 375 g/mol. The summed E-state index contributed by atoms with van der Waals surface area (Å²) < 4.78 is 14.9. The zero-order valence-electron chi connectivity index (χ0n) is 12.6. The summed E-state index contributed by atoms with van der Waals surface area (Å²) in [6.07, 6.45) is 0.681. The van der Waals surface area contributed by atoms with Crippen LogP contribution in [0.15, 0.2) is 21.2 Å². The molecule has 0 bridgehead atoms. The van der Waals surface area contributed by atoms with Crippen LogP contribution >= 0.6 is 15.9 Å². The molecule has 122 valence electrons. The molecule has 0 radical (unpaired) electrons. The molecule has 0 aliphatic heterocycles. The Labute approximate surface area is 136 Å². The highest BCUT2D eigenvalue weighted by Crippen LogP contribution is 2.14. The van der Waals surface area contributed by atoms with Gasteiger partial charge in [-0.15, -0.1) is 0 Å². The lowest BCUT2D eigenvalue weighted by molar-refractivity contribution is -0.147. The van der Waals surface area contributed by atoms with E-state index >= 15 is 0 Å². The van der Waals surface area contributed by atoms with Gasteiger partial charge in [0.25, 0.3) is 5.91 Å². The molecule has 0 aliphatic carbocycles. The van der Waals surface area contributed by atoms with Crippen molar-refractivity contribution in [3.8, 4) is 0 Å². The van der Waals surface area contributed by atoms with E-state index in [2.05, 4.69) is 26.0 Å². The third-order valence-corrected chi connectivity index (χ3v) is 3.52. The van der Waals surface area contributed by atoms with Crippen LogP contribution in [0.2, 0.25) is 0 Å². The maximum Gasteiger partial charge on any atom is 0.374 e. The fraction of sp³-hybridized carbons (Fsp3) is 0.500. The molecular weight excluding hydrogens is 358 g/mol. The largest absolute Gasteiger partial charge is 0.467 e. The Hall–Kier alpha value is -1.83. The minimum Gasteiger partial charge on any atom is -0.467 e. The molecule has 0 aromatic carbocycles. The van der Waals surface area contributed by atoms with Gasteiger partial charge in [0.15, 0.2) is 11.3 Å².